The molecule has 0 heterocycles. The van der Waals surface area contributed by atoms with Crippen molar-refractivity contribution in [1.82, 2.24) is 10.6 Å². The van der Waals surface area contributed by atoms with Crippen LogP contribution >= 0.6 is 35.8 Å². The molecular weight excluding hydrogens is 447 g/mol. The molecule has 9 heteroatoms. The first-order valence-electron chi connectivity index (χ1n) is 8.78. The van der Waals surface area contributed by atoms with E-state index in [0.717, 1.165) is 0 Å². The minimum absolute atomic E-state index is 0.161. The summed E-state index contributed by atoms with van der Waals surface area (Å²) in [5.74, 6) is -2.58. The van der Waals surface area contributed by atoms with Gasteiger partial charge in [0, 0.05) is 10.3 Å². The van der Waals surface area contributed by atoms with E-state index in [-0.39, 0.29) is 10.7 Å². The number of benzene rings is 2. The van der Waals surface area contributed by atoms with Gasteiger partial charge in [0.15, 0.2) is 0 Å². The molecule has 30 heavy (non-hydrogen) atoms. The van der Waals surface area contributed by atoms with E-state index in [9.17, 15) is 19.5 Å². The number of rotatable bonds is 7. The molecule has 0 spiro atoms. The minimum Gasteiger partial charge on any atom is -0.480 e. The lowest BCUT2D eigenvalue weighted by atomic mass is 10.0. The Morgan fingerprint density at radius 3 is 2.23 bits per heavy atom. The molecule has 0 radical (unpaired) electrons. The molecule has 0 saturated carbocycles. The largest absolute Gasteiger partial charge is 0.480 e. The lowest BCUT2D eigenvalue weighted by Gasteiger charge is -2.27. The SMILES string of the molecule is CC(C)(S)C(NC(=O)C(=Cc1ccc(Cl)c(Cl)c1)NC(=O)c1ccccc1)C(=O)O. The first-order chi connectivity index (χ1) is 14.0. The van der Waals surface area contributed by atoms with E-state index in [1.54, 1.807) is 56.3 Å². The fraction of sp³-hybridized carbons (Fsp3) is 0.190. The van der Waals surface area contributed by atoms with Crippen LogP contribution in [0.15, 0.2) is 54.2 Å². The zero-order chi connectivity index (χ0) is 22.5. The molecule has 0 aromatic heterocycles. The third-order valence-electron chi connectivity index (χ3n) is 4.01. The maximum atomic E-state index is 12.9. The van der Waals surface area contributed by atoms with Crippen molar-refractivity contribution in [1.29, 1.82) is 0 Å². The van der Waals surface area contributed by atoms with Gasteiger partial charge in [0.25, 0.3) is 11.8 Å². The van der Waals surface area contributed by atoms with Gasteiger partial charge in [-0.25, -0.2) is 4.79 Å². The Bertz CT molecular complexity index is 988. The number of thiol groups is 1. The Labute approximate surface area is 189 Å². The molecular formula is C21H20Cl2N2O4S. The molecule has 0 aliphatic heterocycles. The number of hydrogen-bond acceptors (Lipinski definition) is 4. The molecule has 0 aliphatic carbocycles. The molecule has 2 aromatic carbocycles. The smallest absolute Gasteiger partial charge is 0.327 e. The van der Waals surface area contributed by atoms with Gasteiger partial charge in [-0.15, -0.1) is 0 Å². The molecule has 0 saturated heterocycles. The number of aliphatic carboxylic acids is 1. The van der Waals surface area contributed by atoms with Crippen LogP contribution in [-0.2, 0) is 9.59 Å². The second-order valence-electron chi connectivity index (χ2n) is 6.95. The summed E-state index contributed by atoms with van der Waals surface area (Å²) >= 11 is 16.2. The highest BCUT2D eigenvalue weighted by Crippen LogP contribution is 2.24. The van der Waals surface area contributed by atoms with E-state index in [4.69, 9.17) is 23.2 Å². The van der Waals surface area contributed by atoms with E-state index in [0.29, 0.717) is 16.1 Å². The van der Waals surface area contributed by atoms with Crippen LogP contribution in [0.2, 0.25) is 10.0 Å². The van der Waals surface area contributed by atoms with E-state index >= 15 is 0 Å². The number of halogens is 2. The molecule has 0 fully saturated rings. The van der Waals surface area contributed by atoms with Crippen molar-refractivity contribution < 1.29 is 19.5 Å². The Morgan fingerprint density at radius 2 is 1.70 bits per heavy atom. The Hall–Kier alpha value is -2.48. The number of hydrogen-bond donors (Lipinski definition) is 4. The third-order valence-corrected chi connectivity index (χ3v) is 5.01. The Kier molecular flexibility index (Phi) is 7.95. The van der Waals surface area contributed by atoms with Gasteiger partial charge in [-0.3, -0.25) is 9.59 Å². The highest BCUT2D eigenvalue weighted by atomic mass is 35.5. The number of carbonyl (C=O) groups excluding carboxylic acids is 2. The van der Waals surface area contributed by atoms with Crippen molar-refractivity contribution in [3.8, 4) is 0 Å². The molecule has 0 aliphatic rings. The molecule has 2 aromatic rings. The summed E-state index contributed by atoms with van der Waals surface area (Å²) in [7, 11) is 0. The number of carboxylic acid groups (broad SMARTS) is 1. The Balaban J connectivity index is 2.40. The quantitative estimate of drug-likeness (QED) is 0.365. The Morgan fingerprint density at radius 1 is 1.07 bits per heavy atom. The van der Waals surface area contributed by atoms with Crippen molar-refractivity contribution in [3.05, 3.63) is 75.4 Å². The summed E-state index contributed by atoms with van der Waals surface area (Å²) in [4.78, 5) is 37.0. The van der Waals surface area contributed by atoms with Gasteiger partial charge >= 0.3 is 5.97 Å². The summed E-state index contributed by atoms with van der Waals surface area (Å²) in [5, 5.41) is 15.0. The van der Waals surface area contributed by atoms with Crippen molar-refractivity contribution >= 4 is 59.7 Å². The monoisotopic (exact) mass is 466 g/mol. The molecule has 0 bridgehead atoms. The van der Waals surface area contributed by atoms with E-state index in [1.807, 2.05) is 0 Å². The van der Waals surface area contributed by atoms with Gasteiger partial charge in [0.05, 0.1) is 10.0 Å². The van der Waals surface area contributed by atoms with Gasteiger partial charge < -0.3 is 15.7 Å². The fourth-order valence-electron chi connectivity index (χ4n) is 2.46. The van der Waals surface area contributed by atoms with Crippen LogP contribution in [0.25, 0.3) is 6.08 Å². The lowest BCUT2D eigenvalue weighted by Crippen LogP contribution is -2.53. The molecule has 2 rings (SSSR count). The van der Waals surface area contributed by atoms with Crippen molar-refractivity contribution in [2.24, 2.45) is 0 Å². The van der Waals surface area contributed by atoms with Gasteiger partial charge in [-0.2, -0.15) is 12.6 Å². The standard InChI is InChI=1S/C21H20Cl2N2O4S/c1-21(2,30)17(20(28)29)25-19(27)16(11-12-8-9-14(22)15(23)10-12)24-18(26)13-6-4-3-5-7-13/h3-11,17,30H,1-2H3,(H,24,26)(H,25,27)(H,28,29). The second kappa shape index (κ2) is 10.0. The van der Waals surface area contributed by atoms with Gasteiger partial charge in [0.2, 0.25) is 0 Å². The highest BCUT2D eigenvalue weighted by molar-refractivity contribution is 7.81. The fourth-order valence-corrected chi connectivity index (χ4v) is 2.94. The summed E-state index contributed by atoms with van der Waals surface area (Å²) in [6, 6.07) is 11.6. The molecule has 1 atom stereocenters. The normalized spacial score (nSPS) is 12.8. The predicted octanol–water partition coefficient (Wildman–Crippen LogP) is 4.04. The van der Waals surface area contributed by atoms with Crippen molar-refractivity contribution in [3.63, 3.8) is 0 Å². The molecule has 6 nitrogen and oxygen atoms in total. The van der Waals surface area contributed by atoms with Crippen molar-refractivity contribution in [2.75, 3.05) is 0 Å². The number of carboxylic acids is 1. The van der Waals surface area contributed by atoms with Gasteiger partial charge in [-0.1, -0.05) is 47.5 Å². The predicted molar refractivity (Wildman–Crippen MR) is 121 cm³/mol. The lowest BCUT2D eigenvalue weighted by molar-refractivity contribution is -0.142. The van der Waals surface area contributed by atoms with Crippen LogP contribution in [0.3, 0.4) is 0 Å². The third kappa shape index (κ3) is 6.52. The van der Waals surface area contributed by atoms with E-state index in [2.05, 4.69) is 23.3 Å². The van der Waals surface area contributed by atoms with Crippen LogP contribution in [0, 0.1) is 0 Å². The molecule has 1 unspecified atom stereocenters. The first-order valence-corrected chi connectivity index (χ1v) is 9.98. The molecule has 158 valence electrons. The summed E-state index contributed by atoms with van der Waals surface area (Å²) in [6.07, 6.45) is 1.38. The van der Waals surface area contributed by atoms with Gasteiger partial charge in [-0.05, 0) is 49.8 Å². The zero-order valence-electron chi connectivity index (χ0n) is 16.1. The van der Waals surface area contributed by atoms with Crippen LogP contribution in [0.5, 0.6) is 0 Å². The van der Waals surface area contributed by atoms with Crippen molar-refractivity contribution in [2.45, 2.75) is 24.6 Å². The summed E-state index contributed by atoms with van der Waals surface area (Å²) in [6.45, 7) is 3.11. The molecule has 3 N–H and O–H groups in total. The van der Waals surface area contributed by atoms with E-state index in [1.165, 1.54) is 12.1 Å². The van der Waals surface area contributed by atoms with E-state index < -0.39 is 28.6 Å². The summed E-state index contributed by atoms with van der Waals surface area (Å²) < 4.78 is -1.06. The van der Waals surface area contributed by atoms with Crippen LogP contribution in [0.4, 0.5) is 0 Å². The van der Waals surface area contributed by atoms with Crippen LogP contribution in [0.1, 0.15) is 29.8 Å². The maximum absolute atomic E-state index is 12.9. The topological polar surface area (TPSA) is 95.5 Å². The van der Waals surface area contributed by atoms with Crippen LogP contribution in [-0.4, -0.2) is 33.7 Å². The summed E-state index contributed by atoms with van der Waals surface area (Å²) in [5.41, 5.74) is 0.653. The zero-order valence-corrected chi connectivity index (χ0v) is 18.6. The number of carbonyl (C=O) groups is 3. The first kappa shape index (κ1) is 23.8. The average molecular weight is 467 g/mol. The number of amides is 2. The molecule has 2 amide bonds. The second-order valence-corrected chi connectivity index (χ2v) is 8.92. The number of nitrogens with one attached hydrogen (secondary N) is 2. The maximum Gasteiger partial charge on any atom is 0.327 e. The van der Waals surface area contributed by atoms with Gasteiger partial charge in [0.1, 0.15) is 11.7 Å². The minimum atomic E-state index is -1.31. The highest BCUT2D eigenvalue weighted by Gasteiger charge is 2.34. The van der Waals surface area contributed by atoms with Crippen LogP contribution < -0.4 is 10.6 Å². The average Bonchev–Trinajstić information content (AvgIpc) is 2.67.